The monoisotopic (exact) mass is 366 g/mol. The summed E-state index contributed by atoms with van der Waals surface area (Å²) in [4.78, 5) is 5.48. The average molecular weight is 367 g/mol. The van der Waals surface area contributed by atoms with Gasteiger partial charge in [0, 0.05) is 12.6 Å². The lowest BCUT2D eigenvalue weighted by Crippen LogP contribution is -2.35. The van der Waals surface area contributed by atoms with Crippen molar-refractivity contribution in [2.45, 2.75) is 51.3 Å². The van der Waals surface area contributed by atoms with Crippen molar-refractivity contribution < 1.29 is 9.32 Å². The van der Waals surface area contributed by atoms with Crippen molar-refractivity contribution in [2.24, 2.45) is 0 Å². The molecular formula is C18H26N2O2S2. The molecule has 1 heterocycles. The summed E-state index contributed by atoms with van der Waals surface area (Å²) in [6.45, 7) is 8.01. The molecule has 132 valence electrons. The van der Waals surface area contributed by atoms with Crippen LogP contribution in [-0.4, -0.2) is 25.7 Å². The second kappa shape index (κ2) is 8.34. The van der Waals surface area contributed by atoms with Crippen molar-refractivity contribution >= 4 is 22.3 Å². The van der Waals surface area contributed by atoms with Crippen LogP contribution in [0, 0.1) is 6.92 Å². The van der Waals surface area contributed by atoms with E-state index < -0.39 is 11.0 Å². The van der Waals surface area contributed by atoms with E-state index in [-0.39, 0.29) is 17.4 Å². The molecule has 0 saturated carbocycles. The van der Waals surface area contributed by atoms with Gasteiger partial charge >= 0.3 is 0 Å². The van der Waals surface area contributed by atoms with Crippen LogP contribution in [0.3, 0.4) is 0 Å². The van der Waals surface area contributed by atoms with Crippen LogP contribution in [-0.2, 0) is 11.0 Å². The van der Waals surface area contributed by atoms with Crippen molar-refractivity contribution in [1.29, 1.82) is 0 Å². The van der Waals surface area contributed by atoms with Gasteiger partial charge in [0.1, 0.15) is 0 Å². The Balaban J connectivity index is 2.20. The van der Waals surface area contributed by atoms with Crippen LogP contribution in [0.5, 0.6) is 0 Å². The molecule has 0 aliphatic heterocycles. The number of aliphatic hydroxyl groups is 1. The first-order valence-electron chi connectivity index (χ1n) is 8.12. The smallest absolute Gasteiger partial charge is 0.0975 e. The summed E-state index contributed by atoms with van der Waals surface area (Å²) in [5.74, 6) is 0. The normalized spacial score (nSPS) is 14.5. The average Bonchev–Trinajstić information content (AvgIpc) is 2.96. The van der Waals surface area contributed by atoms with Gasteiger partial charge in [-0.2, -0.15) is 0 Å². The molecule has 2 aromatic rings. The van der Waals surface area contributed by atoms with Gasteiger partial charge < -0.3 is 5.11 Å². The molecular weight excluding hydrogens is 340 g/mol. The molecule has 1 aromatic carbocycles. The lowest BCUT2D eigenvalue weighted by atomic mass is 10.0. The van der Waals surface area contributed by atoms with E-state index in [2.05, 4.69) is 34.0 Å². The molecule has 0 bridgehead atoms. The molecule has 0 saturated heterocycles. The molecule has 4 nitrogen and oxygen atoms in total. The molecule has 1 aromatic heterocycles. The fourth-order valence-electron chi connectivity index (χ4n) is 2.34. The fourth-order valence-corrected chi connectivity index (χ4v) is 4.02. The van der Waals surface area contributed by atoms with Gasteiger partial charge in [0.25, 0.3) is 0 Å². The van der Waals surface area contributed by atoms with E-state index >= 15 is 0 Å². The van der Waals surface area contributed by atoms with E-state index in [1.165, 1.54) is 4.88 Å². The van der Waals surface area contributed by atoms with Crippen molar-refractivity contribution in [2.75, 3.05) is 6.61 Å². The Bertz CT molecular complexity index is 675. The summed E-state index contributed by atoms with van der Waals surface area (Å²) in [6, 6.07) is 8.29. The Morgan fingerprint density at radius 1 is 1.29 bits per heavy atom. The minimum Gasteiger partial charge on any atom is -0.396 e. The molecule has 0 spiro atoms. The minimum absolute atomic E-state index is 0.0335. The molecule has 0 radical (unpaired) electrons. The summed E-state index contributed by atoms with van der Waals surface area (Å²) < 4.78 is 15.3. The molecule has 0 aliphatic rings. The quantitative estimate of drug-likeness (QED) is 0.779. The zero-order valence-corrected chi connectivity index (χ0v) is 16.3. The first-order valence-corrected chi connectivity index (χ1v) is 10.1. The van der Waals surface area contributed by atoms with E-state index in [4.69, 9.17) is 5.11 Å². The zero-order chi connectivity index (χ0) is 17.7. The van der Waals surface area contributed by atoms with Gasteiger partial charge in [-0.05, 0) is 51.7 Å². The van der Waals surface area contributed by atoms with Crippen LogP contribution in [0.4, 0.5) is 0 Å². The van der Waals surface area contributed by atoms with E-state index in [0.717, 1.165) is 23.2 Å². The number of aliphatic hydroxyl groups excluding tert-OH is 1. The van der Waals surface area contributed by atoms with Crippen LogP contribution in [0.15, 0.2) is 29.8 Å². The Morgan fingerprint density at radius 2 is 1.96 bits per heavy atom. The van der Waals surface area contributed by atoms with Gasteiger partial charge in [-0.15, -0.1) is 11.3 Å². The lowest BCUT2D eigenvalue weighted by Gasteiger charge is -2.24. The van der Waals surface area contributed by atoms with Crippen LogP contribution in [0.2, 0.25) is 0 Å². The third-order valence-corrected chi connectivity index (χ3v) is 6.37. The van der Waals surface area contributed by atoms with Gasteiger partial charge in [0.2, 0.25) is 0 Å². The summed E-state index contributed by atoms with van der Waals surface area (Å²) in [5.41, 5.74) is 5.14. The first kappa shape index (κ1) is 19.2. The number of benzene rings is 1. The molecule has 2 N–H and O–H groups in total. The molecule has 2 rings (SSSR count). The number of hydrogen-bond donors (Lipinski definition) is 2. The Kier molecular flexibility index (Phi) is 6.69. The number of nitrogens with one attached hydrogen (secondary N) is 1. The highest BCUT2D eigenvalue weighted by Crippen LogP contribution is 2.29. The second-order valence-electron chi connectivity index (χ2n) is 6.81. The molecule has 2 atom stereocenters. The zero-order valence-electron chi connectivity index (χ0n) is 14.7. The Morgan fingerprint density at radius 3 is 2.46 bits per heavy atom. The minimum atomic E-state index is -1.15. The van der Waals surface area contributed by atoms with Crippen LogP contribution in [0.1, 0.15) is 50.9 Å². The van der Waals surface area contributed by atoms with Crippen molar-refractivity contribution in [3.05, 3.63) is 41.0 Å². The number of aromatic nitrogens is 1. The SMILES string of the molecule is Cc1ncsc1-c1ccc([C@H](CCCO)N[S@](=O)C(C)(C)C)cc1. The number of rotatable bonds is 7. The van der Waals surface area contributed by atoms with Crippen LogP contribution in [0.25, 0.3) is 10.4 Å². The molecule has 0 aliphatic carbocycles. The van der Waals surface area contributed by atoms with Gasteiger partial charge in [-0.25, -0.2) is 13.9 Å². The molecule has 6 heteroatoms. The summed E-state index contributed by atoms with van der Waals surface area (Å²) >= 11 is 1.64. The third kappa shape index (κ3) is 4.96. The highest BCUT2D eigenvalue weighted by atomic mass is 32.2. The number of nitrogens with zero attached hydrogens (tertiary/aromatic N) is 1. The number of aryl methyl sites for hydroxylation is 1. The summed E-state index contributed by atoms with van der Waals surface area (Å²) in [5, 5.41) is 9.15. The van der Waals surface area contributed by atoms with Gasteiger partial charge in [0.05, 0.1) is 31.8 Å². The summed E-state index contributed by atoms with van der Waals surface area (Å²) in [7, 11) is -1.15. The van der Waals surface area contributed by atoms with E-state index in [1.807, 2.05) is 33.2 Å². The highest BCUT2D eigenvalue weighted by Gasteiger charge is 2.23. The second-order valence-corrected chi connectivity index (χ2v) is 9.66. The standard InChI is InChI=1S/C18H26N2O2S2/c1-13-17(23-12-19-13)15-9-7-14(8-10-15)16(6-5-11-21)20-24(22)18(2,3)4/h7-10,12,16,20-21H,5-6,11H2,1-4H3/t16-,24+/m0/s1. The maximum atomic E-state index is 12.4. The highest BCUT2D eigenvalue weighted by molar-refractivity contribution is 7.84. The Hall–Kier alpha value is -1.08. The number of hydrogen-bond acceptors (Lipinski definition) is 4. The Labute approximate surface area is 150 Å². The molecule has 0 unspecified atom stereocenters. The number of thiazole rings is 1. The van der Waals surface area contributed by atoms with Gasteiger partial charge in [0.15, 0.2) is 0 Å². The van der Waals surface area contributed by atoms with Crippen LogP contribution < -0.4 is 4.72 Å². The molecule has 0 amide bonds. The van der Waals surface area contributed by atoms with Crippen molar-refractivity contribution in [3.63, 3.8) is 0 Å². The van der Waals surface area contributed by atoms with E-state index in [0.29, 0.717) is 6.42 Å². The predicted molar refractivity (Wildman–Crippen MR) is 102 cm³/mol. The van der Waals surface area contributed by atoms with Gasteiger partial charge in [-0.3, -0.25) is 0 Å². The largest absolute Gasteiger partial charge is 0.396 e. The maximum absolute atomic E-state index is 12.4. The lowest BCUT2D eigenvalue weighted by molar-refractivity contribution is 0.278. The first-order chi connectivity index (χ1) is 11.3. The fraction of sp³-hybridized carbons (Fsp3) is 0.500. The topological polar surface area (TPSA) is 62.2 Å². The van der Waals surface area contributed by atoms with Crippen molar-refractivity contribution in [1.82, 2.24) is 9.71 Å². The summed E-state index contributed by atoms with van der Waals surface area (Å²) in [6.07, 6.45) is 1.42. The van der Waals surface area contributed by atoms with Crippen molar-refractivity contribution in [3.8, 4) is 10.4 Å². The van der Waals surface area contributed by atoms with Gasteiger partial charge in [-0.1, -0.05) is 24.3 Å². The predicted octanol–water partition coefficient (Wildman–Crippen LogP) is 3.98. The van der Waals surface area contributed by atoms with E-state index in [1.54, 1.807) is 11.3 Å². The third-order valence-electron chi connectivity index (χ3n) is 3.78. The van der Waals surface area contributed by atoms with E-state index in [9.17, 15) is 4.21 Å². The molecule has 0 fully saturated rings. The maximum Gasteiger partial charge on any atom is 0.0975 e. The van der Waals surface area contributed by atoms with Crippen LogP contribution >= 0.6 is 11.3 Å². The molecule has 24 heavy (non-hydrogen) atoms.